The van der Waals surface area contributed by atoms with E-state index in [1.165, 1.54) is 6.26 Å². The van der Waals surface area contributed by atoms with Crippen molar-refractivity contribution in [3.8, 4) is 0 Å². The Labute approximate surface area is 109 Å². The van der Waals surface area contributed by atoms with E-state index in [0.29, 0.717) is 18.0 Å². The summed E-state index contributed by atoms with van der Waals surface area (Å²) in [7, 11) is -2.87. The molecule has 6 heteroatoms. The maximum Gasteiger partial charge on any atom is 0.147 e. The van der Waals surface area contributed by atoms with Gasteiger partial charge in [0.1, 0.15) is 9.84 Å². The molecule has 0 fully saturated rings. The Morgan fingerprint density at radius 1 is 1.44 bits per heavy atom. The van der Waals surface area contributed by atoms with Crippen LogP contribution in [0.1, 0.15) is 6.42 Å². The Balaban J connectivity index is 2.43. The molecule has 90 valence electrons. The van der Waals surface area contributed by atoms with Gasteiger partial charge in [-0.1, -0.05) is 11.6 Å². The Morgan fingerprint density at radius 2 is 2.12 bits per heavy atom. The van der Waals surface area contributed by atoms with E-state index in [1.54, 1.807) is 12.1 Å². The average Bonchev–Trinajstić information content (AvgIpc) is 2.13. The normalized spacial score (nSPS) is 11.4. The average molecular weight is 327 g/mol. The first-order chi connectivity index (χ1) is 7.38. The molecule has 0 aliphatic carbocycles. The number of rotatable bonds is 5. The number of hydrogen-bond donors (Lipinski definition) is 1. The van der Waals surface area contributed by atoms with E-state index in [1.807, 2.05) is 6.07 Å². The van der Waals surface area contributed by atoms with Crippen molar-refractivity contribution in [2.24, 2.45) is 0 Å². The third-order valence-electron chi connectivity index (χ3n) is 1.94. The molecule has 3 nitrogen and oxygen atoms in total. The molecule has 1 aromatic carbocycles. The van der Waals surface area contributed by atoms with Crippen molar-refractivity contribution in [2.75, 3.05) is 23.9 Å². The Bertz CT molecular complexity index is 462. The van der Waals surface area contributed by atoms with Crippen LogP contribution >= 0.6 is 27.5 Å². The highest BCUT2D eigenvalue weighted by atomic mass is 79.9. The molecule has 0 aliphatic rings. The van der Waals surface area contributed by atoms with Gasteiger partial charge in [-0.05, 0) is 40.5 Å². The van der Waals surface area contributed by atoms with Gasteiger partial charge >= 0.3 is 0 Å². The fraction of sp³-hybridized carbons (Fsp3) is 0.400. The Hall–Kier alpha value is -0.260. The molecule has 0 radical (unpaired) electrons. The lowest BCUT2D eigenvalue weighted by atomic mass is 10.3. The van der Waals surface area contributed by atoms with Gasteiger partial charge in [0.2, 0.25) is 0 Å². The number of benzene rings is 1. The van der Waals surface area contributed by atoms with E-state index in [0.717, 1.165) is 10.2 Å². The molecular formula is C10H13BrClNO2S. The lowest BCUT2D eigenvalue weighted by Crippen LogP contribution is -2.09. The summed E-state index contributed by atoms with van der Waals surface area (Å²) in [6.07, 6.45) is 1.83. The van der Waals surface area contributed by atoms with E-state index >= 15 is 0 Å². The SMILES string of the molecule is CS(=O)(=O)CCCNc1ccc(Cl)cc1Br. The van der Waals surface area contributed by atoms with Crippen molar-refractivity contribution in [3.05, 3.63) is 27.7 Å². The maximum absolute atomic E-state index is 10.9. The van der Waals surface area contributed by atoms with Crippen molar-refractivity contribution in [2.45, 2.75) is 6.42 Å². The molecule has 16 heavy (non-hydrogen) atoms. The molecule has 0 bridgehead atoms. The molecule has 0 saturated carbocycles. The van der Waals surface area contributed by atoms with Gasteiger partial charge in [-0.25, -0.2) is 8.42 Å². The summed E-state index contributed by atoms with van der Waals surface area (Å²) in [4.78, 5) is 0. The van der Waals surface area contributed by atoms with Gasteiger partial charge in [0.25, 0.3) is 0 Å². The number of halogens is 2. The van der Waals surface area contributed by atoms with E-state index in [9.17, 15) is 8.42 Å². The van der Waals surface area contributed by atoms with Crippen LogP contribution in [0.4, 0.5) is 5.69 Å². The van der Waals surface area contributed by atoms with Gasteiger partial charge in [0, 0.05) is 28.0 Å². The third kappa shape index (κ3) is 5.18. The minimum Gasteiger partial charge on any atom is -0.384 e. The monoisotopic (exact) mass is 325 g/mol. The van der Waals surface area contributed by atoms with Crippen LogP contribution in [0.15, 0.2) is 22.7 Å². The Kier molecular flexibility index (Phi) is 5.08. The van der Waals surface area contributed by atoms with Crippen molar-refractivity contribution in [3.63, 3.8) is 0 Å². The van der Waals surface area contributed by atoms with Gasteiger partial charge in [-0.3, -0.25) is 0 Å². The van der Waals surface area contributed by atoms with Crippen LogP contribution in [0.3, 0.4) is 0 Å². The molecule has 0 saturated heterocycles. The van der Waals surface area contributed by atoms with Crippen molar-refractivity contribution < 1.29 is 8.42 Å². The van der Waals surface area contributed by atoms with Crippen molar-refractivity contribution >= 4 is 43.1 Å². The zero-order valence-electron chi connectivity index (χ0n) is 8.83. The second-order valence-electron chi connectivity index (χ2n) is 3.53. The molecule has 0 amide bonds. The number of anilines is 1. The minimum atomic E-state index is -2.87. The fourth-order valence-electron chi connectivity index (χ4n) is 1.19. The largest absolute Gasteiger partial charge is 0.384 e. The quantitative estimate of drug-likeness (QED) is 0.846. The highest BCUT2D eigenvalue weighted by Gasteiger charge is 2.03. The summed E-state index contributed by atoms with van der Waals surface area (Å²) in [6.45, 7) is 0.618. The van der Waals surface area contributed by atoms with Crippen molar-refractivity contribution in [1.29, 1.82) is 0 Å². The second kappa shape index (κ2) is 5.89. The predicted molar refractivity (Wildman–Crippen MR) is 72.0 cm³/mol. The van der Waals surface area contributed by atoms with Crippen molar-refractivity contribution in [1.82, 2.24) is 0 Å². The molecule has 0 spiro atoms. The van der Waals surface area contributed by atoms with Crippen LogP contribution in [0.2, 0.25) is 5.02 Å². The molecule has 0 aliphatic heterocycles. The summed E-state index contributed by atoms with van der Waals surface area (Å²) in [5.74, 6) is 0.200. The van der Waals surface area contributed by atoms with E-state index in [2.05, 4.69) is 21.2 Å². The first-order valence-electron chi connectivity index (χ1n) is 4.75. The molecule has 1 aromatic rings. The van der Waals surface area contributed by atoms with E-state index in [4.69, 9.17) is 11.6 Å². The lowest BCUT2D eigenvalue weighted by Gasteiger charge is -2.08. The van der Waals surface area contributed by atoms with Gasteiger partial charge < -0.3 is 5.32 Å². The zero-order chi connectivity index (χ0) is 12.2. The number of hydrogen-bond acceptors (Lipinski definition) is 3. The highest BCUT2D eigenvalue weighted by molar-refractivity contribution is 9.10. The summed E-state index contributed by atoms with van der Waals surface area (Å²) >= 11 is 9.17. The molecule has 0 unspecified atom stereocenters. The summed E-state index contributed by atoms with van der Waals surface area (Å²) in [5.41, 5.74) is 0.915. The summed E-state index contributed by atoms with van der Waals surface area (Å²) in [6, 6.07) is 5.43. The predicted octanol–water partition coefficient (Wildman–Crippen LogP) is 2.95. The molecular weight excluding hydrogens is 314 g/mol. The topological polar surface area (TPSA) is 46.2 Å². The van der Waals surface area contributed by atoms with Gasteiger partial charge in [-0.2, -0.15) is 0 Å². The fourth-order valence-corrected chi connectivity index (χ4v) is 2.68. The first-order valence-corrected chi connectivity index (χ1v) is 7.98. The third-order valence-corrected chi connectivity index (χ3v) is 3.86. The lowest BCUT2D eigenvalue weighted by molar-refractivity contribution is 0.600. The molecule has 0 heterocycles. The second-order valence-corrected chi connectivity index (χ2v) is 7.08. The molecule has 1 N–H and O–H groups in total. The zero-order valence-corrected chi connectivity index (χ0v) is 12.0. The van der Waals surface area contributed by atoms with Crippen LogP contribution < -0.4 is 5.32 Å². The first kappa shape index (κ1) is 13.8. The van der Waals surface area contributed by atoms with Crippen LogP contribution in [0, 0.1) is 0 Å². The molecule has 0 atom stereocenters. The summed E-state index contributed by atoms with van der Waals surface area (Å²) in [5, 5.41) is 3.80. The molecule has 0 aromatic heterocycles. The Morgan fingerprint density at radius 3 is 2.69 bits per heavy atom. The van der Waals surface area contributed by atoms with Gasteiger partial charge in [0.05, 0.1) is 5.75 Å². The van der Waals surface area contributed by atoms with Crippen LogP contribution in [-0.2, 0) is 9.84 Å². The number of nitrogens with one attached hydrogen (secondary N) is 1. The number of sulfone groups is 1. The van der Waals surface area contributed by atoms with E-state index < -0.39 is 9.84 Å². The van der Waals surface area contributed by atoms with Crippen LogP contribution in [-0.4, -0.2) is 27.0 Å². The maximum atomic E-state index is 10.9. The summed E-state index contributed by atoms with van der Waals surface area (Å²) < 4.78 is 22.7. The minimum absolute atomic E-state index is 0.200. The van der Waals surface area contributed by atoms with Gasteiger partial charge in [0.15, 0.2) is 0 Å². The van der Waals surface area contributed by atoms with Crippen LogP contribution in [0.5, 0.6) is 0 Å². The smallest absolute Gasteiger partial charge is 0.147 e. The highest BCUT2D eigenvalue weighted by Crippen LogP contribution is 2.25. The van der Waals surface area contributed by atoms with Gasteiger partial charge in [-0.15, -0.1) is 0 Å². The van der Waals surface area contributed by atoms with E-state index in [-0.39, 0.29) is 5.75 Å². The van der Waals surface area contributed by atoms with Crippen LogP contribution in [0.25, 0.3) is 0 Å². The molecule has 1 rings (SSSR count). The standard InChI is InChI=1S/C10H13BrClNO2S/c1-16(14,15)6-2-5-13-10-4-3-8(12)7-9(10)11/h3-4,7,13H,2,5-6H2,1H3.